The van der Waals surface area contributed by atoms with Crippen LogP contribution in [0.5, 0.6) is 0 Å². The van der Waals surface area contributed by atoms with Gasteiger partial charge in [0.05, 0.1) is 27.9 Å². The number of nitrogens with zero attached hydrogens (tertiary/aromatic N) is 2. The highest BCUT2D eigenvalue weighted by Crippen LogP contribution is 2.41. The highest BCUT2D eigenvalue weighted by atomic mass is 32.2. The summed E-state index contributed by atoms with van der Waals surface area (Å²) in [6.07, 6.45) is 0.213. The van der Waals surface area contributed by atoms with Crippen LogP contribution < -0.4 is 0 Å². The van der Waals surface area contributed by atoms with Gasteiger partial charge in [-0.15, -0.1) is 0 Å². The van der Waals surface area contributed by atoms with Gasteiger partial charge in [-0.25, -0.2) is 16.8 Å². The van der Waals surface area contributed by atoms with E-state index in [1.165, 1.54) is 16.4 Å². The maximum Gasteiger partial charge on any atom is 0.269 e. The molecule has 0 saturated carbocycles. The van der Waals surface area contributed by atoms with Crippen LogP contribution >= 0.6 is 0 Å². The molecule has 0 radical (unpaired) electrons. The standard InChI is InChI=1S/C31H22N2O6S2/c34-33(35)25-13-15-26(16-14-25)41(38,39)32-17-4-3-8-22-7-1-2-11-27(22)31-28-12-5-9-23(10-6-18-32)29(28)19-24-20-40(36,37)21-30(24)31/h1-2,5,7,9,11-16,19H,4,17-18,20-21H2. The molecule has 8 nitrogen and oxygen atoms in total. The van der Waals surface area contributed by atoms with E-state index < -0.39 is 24.8 Å². The minimum Gasteiger partial charge on any atom is -0.258 e. The zero-order valence-electron chi connectivity index (χ0n) is 21.6. The Hall–Kier alpha value is -4.48. The molecule has 2 aliphatic rings. The van der Waals surface area contributed by atoms with Crippen molar-refractivity contribution in [3.63, 3.8) is 0 Å². The minimum atomic E-state index is -4.02. The summed E-state index contributed by atoms with van der Waals surface area (Å²) in [4.78, 5) is 10.4. The Balaban J connectivity index is 1.53. The molecule has 4 bridgehead atoms. The number of benzene rings is 4. The zero-order valence-corrected chi connectivity index (χ0v) is 23.3. The second-order valence-corrected chi connectivity index (χ2v) is 13.8. The summed E-state index contributed by atoms with van der Waals surface area (Å²) >= 11 is 0. The summed E-state index contributed by atoms with van der Waals surface area (Å²) in [5.41, 5.74) is 4.34. The first kappa shape index (κ1) is 26.7. The van der Waals surface area contributed by atoms with Gasteiger partial charge in [0.1, 0.15) is 0 Å². The lowest BCUT2D eigenvalue weighted by Crippen LogP contribution is -2.32. The third-order valence-corrected chi connectivity index (χ3v) is 10.5. The highest BCUT2D eigenvalue weighted by molar-refractivity contribution is 7.90. The molecule has 10 heteroatoms. The SMILES string of the molecule is O=[N+]([O-])c1ccc(S(=O)(=O)N2CC#Cc3cccc4c(c5c(cc34)CS(=O)(=O)C5)-c3ccccc3C#CCC2)cc1. The lowest BCUT2D eigenvalue weighted by Gasteiger charge is -2.19. The number of fused-ring (bicyclic) bond motifs is 4. The van der Waals surface area contributed by atoms with Gasteiger partial charge in [-0.2, -0.15) is 4.31 Å². The monoisotopic (exact) mass is 582 g/mol. The number of nitro benzene ring substituents is 1. The fourth-order valence-corrected chi connectivity index (χ4v) is 8.23. The van der Waals surface area contributed by atoms with Crippen molar-refractivity contribution in [3.8, 4) is 34.8 Å². The summed E-state index contributed by atoms with van der Waals surface area (Å²) in [6.45, 7) is -0.0630. The Kier molecular flexibility index (Phi) is 6.63. The predicted octanol–water partition coefficient (Wildman–Crippen LogP) is 4.64. The van der Waals surface area contributed by atoms with Gasteiger partial charge in [0.25, 0.3) is 5.69 Å². The van der Waals surface area contributed by atoms with Crippen molar-refractivity contribution in [2.75, 3.05) is 13.1 Å². The van der Waals surface area contributed by atoms with Crippen molar-refractivity contribution in [1.29, 1.82) is 0 Å². The molecule has 0 spiro atoms. The van der Waals surface area contributed by atoms with E-state index in [4.69, 9.17) is 0 Å². The number of hydrogen-bond donors (Lipinski definition) is 0. The van der Waals surface area contributed by atoms with Gasteiger partial charge < -0.3 is 0 Å². The van der Waals surface area contributed by atoms with Crippen LogP contribution in [-0.2, 0) is 31.4 Å². The Morgan fingerprint density at radius 2 is 1.59 bits per heavy atom. The molecule has 0 N–H and O–H groups in total. The third kappa shape index (κ3) is 4.98. The summed E-state index contributed by atoms with van der Waals surface area (Å²) in [6, 6.07) is 19.8. The first-order valence-electron chi connectivity index (χ1n) is 12.7. The van der Waals surface area contributed by atoms with Crippen molar-refractivity contribution >= 4 is 36.3 Å². The van der Waals surface area contributed by atoms with Crippen molar-refractivity contribution in [2.24, 2.45) is 0 Å². The summed E-state index contributed by atoms with van der Waals surface area (Å²) < 4.78 is 53.7. The summed E-state index contributed by atoms with van der Waals surface area (Å²) in [5, 5.41) is 12.7. The predicted molar refractivity (Wildman–Crippen MR) is 156 cm³/mol. The van der Waals surface area contributed by atoms with E-state index >= 15 is 0 Å². The molecule has 6 rings (SSSR count). The number of sulfone groups is 1. The second-order valence-electron chi connectivity index (χ2n) is 9.81. The van der Waals surface area contributed by atoms with Crippen LogP contribution in [0.25, 0.3) is 21.9 Å². The van der Waals surface area contributed by atoms with Crippen LogP contribution in [0.1, 0.15) is 28.7 Å². The average molecular weight is 583 g/mol. The topological polar surface area (TPSA) is 115 Å². The summed E-state index contributed by atoms with van der Waals surface area (Å²) in [5.74, 6) is 12.3. The van der Waals surface area contributed by atoms with Crippen LogP contribution in [0.2, 0.25) is 0 Å². The van der Waals surface area contributed by atoms with Crippen molar-refractivity contribution in [1.82, 2.24) is 4.31 Å². The van der Waals surface area contributed by atoms with Gasteiger partial charge >= 0.3 is 0 Å². The molecule has 2 heterocycles. The maximum absolute atomic E-state index is 13.5. The van der Waals surface area contributed by atoms with E-state index in [-0.39, 0.29) is 41.6 Å². The van der Waals surface area contributed by atoms with Crippen molar-refractivity contribution in [3.05, 3.63) is 105 Å². The second kappa shape index (κ2) is 10.2. The molecule has 0 fully saturated rings. The van der Waals surface area contributed by atoms with Crippen molar-refractivity contribution in [2.45, 2.75) is 22.8 Å². The largest absolute Gasteiger partial charge is 0.269 e. The molecule has 0 amide bonds. The third-order valence-electron chi connectivity index (χ3n) is 7.19. The van der Waals surface area contributed by atoms with Crippen LogP contribution in [0, 0.1) is 33.8 Å². The van der Waals surface area contributed by atoms with E-state index in [1.54, 1.807) is 0 Å². The lowest BCUT2D eigenvalue weighted by molar-refractivity contribution is -0.384. The van der Waals surface area contributed by atoms with Gasteiger partial charge in [0, 0.05) is 36.2 Å². The molecule has 204 valence electrons. The minimum absolute atomic E-state index is 0.0409. The first-order chi connectivity index (χ1) is 19.6. The fourth-order valence-electron chi connectivity index (χ4n) is 5.29. The molecule has 0 aliphatic carbocycles. The van der Waals surface area contributed by atoms with E-state index in [1.807, 2.05) is 48.5 Å². The molecule has 2 aliphatic heterocycles. The van der Waals surface area contributed by atoms with Gasteiger partial charge in [-0.1, -0.05) is 54.0 Å². The number of hydrogen-bond acceptors (Lipinski definition) is 6. The Bertz CT molecular complexity index is 2100. The fraction of sp³-hybridized carbons (Fsp3) is 0.161. The van der Waals surface area contributed by atoms with E-state index in [0.717, 1.165) is 45.2 Å². The first-order valence-corrected chi connectivity index (χ1v) is 16.0. The van der Waals surface area contributed by atoms with Crippen LogP contribution in [-0.4, -0.2) is 39.2 Å². The summed E-state index contributed by atoms with van der Waals surface area (Å²) in [7, 11) is -7.33. The zero-order chi connectivity index (χ0) is 28.8. The van der Waals surface area contributed by atoms with Gasteiger partial charge in [0.15, 0.2) is 9.84 Å². The van der Waals surface area contributed by atoms with E-state index in [0.29, 0.717) is 11.1 Å². The normalized spacial score (nSPS) is 16.0. The Labute approximate surface area is 237 Å². The van der Waals surface area contributed by atoms with Crippen LogP contribution in [0.3, 0.4) is 0 Å². The van der Waals surface area contributed by atoms with Gasteiger partial charge in [0.2, 0.25) is 10.0 Å². The lowest BCUT2D eigenvalue weighted by atomic mass is 9.87. The average Bonchev–Trinajstić information content (AvgIpc) is 3.26. The molecule has 4 aromatic carbocycles. The quantitative estimate of drug-likeness (QED) is 0.198. The molecule has 4 aromatic rings. The molecular weight excluding hydrogens is 560 g/mol. The molecule has 0 unspecified atom stereocenters. The molecule has 0 saturated heterocycles. The number of non-ortho nitro benzene ring substituents is 1. The van der Waals surface area contributed by atoms with Gasteiger partial charge in [-0.3, -0.25) is 10.1 Å². The van der Waals surface area contributed by atoms with Crippen LogP contribution in [0.4, 0.5) is 5.69 Å². The van der Waals surface area contributed by atoms with E-state index in [2.05, 4.69) is 23.7 Å². The smallest absolute Gasteiger partial charge is 0.258 e. The van der Waals surface area contributed by atoms with Crippen LogP contribution in [0.15, 0.2) is 77.7 Å². The highest BCUT2D eigenvalue weighted by Gasteiger charge is 2.30. The van der Waals surface area contributed by atoms with Crippen molar-refractivity contribution < 1.29 is 21.8 Å². The Morgan fingerprint density at radius 3 is 2.37 bits per heavy atom. The molecule has 41 heavy (non-hydrogen) atoms. The maximum atomic E-state index is 13.5. The number of sulfonamides is 1. The number of nitro groups is 1. The van der Waals surface area contributed by atoms with E-state index in [9.17, 15) is 26.9 Å². The molecular formula is C31H22N2O6S2. The number of rotatable bonds is 3. The molecule has 0 atom stereocenters. The Morgan fingerprint density at radius 1 is 0.854 bits per heavy atom. The molecule has 0 aromatic heterocycles. The van der Waals surface area contributed by atoms with Gasteiger partial charge in [-0.05, 0) is 63.4 Å².